The van der Waals surface area contributed by atoms with Gasteiger partial charge < -0.3 is 5.32 Å². The lowest BCUT2D eigenvalue weighted by Gasteiger charge is -2.01. The van der Waals surface area contributed by atoms with Gasteiger partial charge in [0, 0.05) is 12.6 Å². The van der Waals surface area contributed by atoms with Crippen molar-refractivity contribution in [2.75, 3.05) is 13.6 Å². The predicted octanol–water partition coefficient (Wildman–Crippen LogP) is 2.25. The van der Waals surface area contributed by atoms with Crippen LogP contribution in [0.3, 0.4) is 0 Å². The van der Waals surface area contributed by atoms with Crippen molar-refractivity contribution in [1.82, 2.24) is 10.3 Å². The molecular weight excluding hydrogens is 254 g/mol. The molecule has 0 atom stereocenters. The van der Waals surface area contributed by atoms with E-state index in [2.05, 4.69) is 10.3 Å². The molecule has 0 amide bonds. The van der Waals surface area contributed by atoms with E-state index in [4.69, 9.17) is 0 Å². The van der Waals surface area contributed by atoms with Gasteiger partial charge in [0.25, 0.3) is 0 Å². The van der Waals surface area contributed by atoms with Crippen LogP contribution < -0.4 is 5.32 Å². The highest BCUT2D eigenvalue weighted by molar-refractivity contribution is 5.95. The molecule has 16 heavy (non-hydrogen) atoms. The molecule has 0 radical (unpaired) electrons. The molecule has 6 heteroatoms. The number of carbonyl (C=O) groups is 1. The van der Waals surface area contributed by atoms with E-state index in [1.807, 2.05) is 7.05 Å². The third-order valence-electron chi connectivity index (χ3n) is 1.89. The van der Waals surface area contributed by atoms with Gasteiger partial charge in [0.15, 0.2) is 5.78 Å². The fraction of sp³-hybridized carbons (Fsp3) is 0.400. The number of ketones is 1. The number of carbonyl (C=O) groups excluding carboxylic acids is 1. The Bertz CT molecular complexity index is 323. The first-order valence-corrected chi connectivity index (χ1v) is 4.54. The number of pyridine rings is 1. The van der Waals surface area contributed by atoms with Crippen LogP contribution in [0.15, 0.2) is 18.3 Å². The Morgan fingerprint density at radius 3 is 2.75 bits per heavy atom. The Morgan fingerprint density at radius 1 is 1.50 bits per heavy atom. The van der Waals surface area contributed by atoms with E-state index in [1.165, 1.54) is 12.3 Å². The summed E-state index contributed by atoms with van der Waals surface area (Å²) in [7, 11) is 1.81. The van der Waals surface area contributed by atoms with Crippen molar-refractivity contribution in [2.24, 2.45) is 0 Å². The Morgan fingerprint density at radius 2 is 2.19 bits per heavy atom. The van der Waals surface area contributed by atoms with Crippen LogP contribution in [0.25, 0.3) is 0 Å². The number of nitrogens with zero attached hydrogens (tertiary/aromatic N) is 1. The minimum Gasteiger partial charge on any atom is -0.320 e. The van der Waals surface area contributed by atoms with Crippen LogP contribution in [0.2, 0.25) is 0 Å². The van der Waals surface area contributed by atoms with Crippen LogP contribution in [0, 0.1) is 5.95 Å². The number of aromatic nitrogens is 1. The summed E-state index contributed by atoms with van der Waals surface area (Å²) in [4.78, 5) is 14.9. The summed E-state index contributed by atoms with van der Waals surface area (Å²) >= 11 is 0. The highest BCUT2D eigenvalue weighted by Crippen LogP contribution is 2.07. The van der Waals surface area contributed by atoms with Gasteiger partial charge in [-0.2, -0.15) is 4.39 Å². The lowest BCUT2D eigenvalue weighted by atomic mass is 10.1. The number of nitrogens with one attached hydrogen (secondary N) is 1. The van der Waals surface area contributed by atoms with Crippen molar-refractivity contribution < 1.29 is 9.18 Å². The van der Waals surface area contributed by atoms with Gasteiger partial charge in [0.2, 0.25) is 5.95 Å². The van der Waals surface area contributed by atoms with Gasteiger partial charge in [-0.1, -0.05) is 0 Å². The molecule has 3 nitrogen and oxygen atoms in total. The summed E-state index contributed by atoms with van der Waals surface area (Å²) in [5, 5.41) is 2.93. The molecule has 0 saturated carbocycles. The third kappa shape index (κ3) is 5.39. The fourth-order valence-corrected chi connectivity index (χ4v) is 1.15. The Labute approximate surface area is 107 Å². The summed E-state index contributed by atoms with van der Waals surface area (Å²) < 4.78 is 13.0. The topological polar surface area (TPSA) is 42.0 Å². The molecule has 0 unspecified atom stereocenters. The quantitative estimate of drug-likeness (QED) is 0.506. The zero-order valence-electron chi connectivity index (χ0n) is 8.90. The molecule has 1 rings (SSSR count). The highest BCUT2D eigenvalue weighted by atomic mass is 35.5. The molecule has 1 aromatic heterocycles. The lowest BCUT2D eigenvalue weighted by Crippen LogP contribution is -2.11. The minimum absolute atomic E-state index is 0. The normalized spacial score (nSPS) is 8.88. The molecule has 0 aliphatic carbocycles. The average molecular weight is 269 g/mol. The number of halogens is 3. The number of Topliss-reactive ketones (excluding diaryl/α,β-unsaturated/α-hetero) is 1. The second-order valence-electron chi connectivity index (χ2n) is 2.97. The van der Waals surface area contributed by atoms with Crippen LogP contribution in [0.4, 0.5) is 4.39 Å². The molecule has 0 bridgehead atoms. The predicted molar refractivity (Wildman–Crippen MR) is 66.2 cm³/mol. The van der Waals surface area contributed by atoms with Crippen LogP contribution >= 0.6 is 24.8 Å². The molecular formula is C10H15Cl2FN2O. The van der Waals surface area contributed by atoms with Crippen LogP contribution in [-0.4, -0.2) is 24.4 Å². The second kappa shape index (κ2) is 9.51. The summed E-state index contributed by atoms with van der Waals surface area (Å²) in [5.74, 6) is -0.868. The maximum Gasteiger partial charge on any atom is 0.223 e. The van der Waals surface area contributed by atoms with Gasteiger partial charge in [-0.05, 0) is 32.1 Å². The van der Waals surface area contributed by atoms with Crippen molar-refractivity contribution in [3.63, 3.8) is 0 Å². The van der Waals surface area contributed by atoms with Crippen molar-refractivity contribution >= 4 is 30.6 Å². The van der Waals surface area contributed by atoms with Crippen LogP contribution in [-0.2, 0) is 0 Å². The SMILES string of the molecule is CNCCCC(=O)c1cccnc1F.Cl.Cl. The summed E-state index contributed by atoms with van der Waals surface area (Å²) in [6, 6.07) is 3.03. The first-order chi connectivity index (χ1) is 6.75. The van der Waals surface area contributed by atoms with Crippen molar-refractivity contribution in [2.45, 2.75) is 12.8 Å². The number of rotatable bonds is 5. The zero-order chi connectivity index (χ0) is 10.4. The molecule has 0 saturated heterocycles. The first-order valence-electron chi connectivity index (χ1n) is 4.54. The molecule has 1 N–H and O–H groups in total. The van der Waals surface area contributed by atoms with E-state index in [-0.39, 0.29) is 36.2 Å². The zero-order valence-corrected chi connectivity index (χ0v) is 10.5. The van der Waals surface area contributed by atoms with E-state index >= 15 is 0 Å². The van der Waals surface area contributed by atoms with Crippen molar-refractivity contribution in [3.05, 3.63) is 29.8 Å². The molecule has 0 aromatic carbocycles. The summed E-state index contributed by atoms with van der Waals surface area (Å²) in [5.41, 5.74) is 0.0867. The molecule has 1 heterocycles. The van der Waals surface area contributed by atoms with E-state index in [9.17, 15) is 9.18 Å². The van der Waals surface area contributed by atoms with E-state index < -0.39 is 5.95 Å². The number of hydrogen-bond acceptors (Lipinski definition) is 3. The highest BCUT2D eigenvalue weighted by Gasteiger charge is 2.10. The van der Waals surface area contributed by atoms with Crippen molar-refractivity contribution in [3.8, 4) is 0 Å². The van der Waals surface area contributed by atoms with Crippen LogP contribution in [0.1, 0.15) is 23.2 Å². The van der Waals surface area contributed by atoms with Gasteiger partial charge in [-0.3, -0.25) is 4.79 Å². The van der Waals surface area contributed by atoms with Gasteiger partial charge >= 0.3 is 0 Å². The monoisotopic (exact) mass is 268 g/mol. The molecule has 0 spiro atoms. The van der Waals surface area contributed by atoms with E-state index in [0.717, 1.165) is 6.54 Å². The molecule has 0 aliphatic heterocycles. The Kier molecular flexibility index (Phi) is 10.5. The molecule has 92 valence electrons. The molecule has 0 aliphatic rings. The molecule has 1 aromatic rings. The largest absolute Gasteiger partial charge is 0.320 e. The van der Waals surface area contributed by atoms with Gasteiger partial charge in [0.1, 0.15) is 0 Å². The maximum absolute atomic E-state index is 13.0. The fourth-order valence-electron chi connectivity index (χ4n) is 1.15. The van der Waals surface area contributed by atoms with Gasteiger partial charge in [-0.25, -0.2) is 4.98 Å². The average Bonchev–Trinajstić information content (AvgIpc) is 2.18. The van der Waals surface area contributed by atoms with E-state index in [0.29, 0.717) is 12.8 Å². The van der Waals surface area contributed by atoms with Gasteiger partial charge in [0.05, 0.1) is 5.56 Å². The smallest absolute Gasteiger partial charge is 0.223 e. The van der Waals surface area contributed by atoms with Crippen LogP contribution in [0.5, 0.6) is 0 Å². The Balaban J connectivity index is 0. The van der Waals surface area contributed by atoms with Gasteiger partial charge in [-0.15, -0.1) is 24.8 Å². The standard InChI is InChI=1S/C10H13FN2O.2ClH/c1-12-6-3-5-9(14)8-4-2-7-13-10(8)11;;/h2,4,7,12H,3,5-6H2,1H3;2*1H. The second-order valence-corrected chi connectivity index (χ2v) is 2.97. The Hall–Kier alpha value is -0.710. The maximum atomic E-state index is 13.0. The molecule has 0 fully saturated rings. The summed E-state index contributed by atoms with van der Waals surface area (Å²) in [6.45, 7) is 0.758. The minimum atomic E-state index is -0.679. The first kappa shape index (κ1) is 17.7. The summed E-state index contributed by atoms with van der Waals surface area (Å²) in [6.07, 6.45) is 2.40. The van der Waals surface area contributed by atoms with Crippen molar-refractivity contribution in [1.29, 1.82) is 0 Å². The number of hydrogen-bond donors (Lipinski definition) is 1. The third-order valence-corrected chi connectivity index (χ3v) is 1.89. The lowest BCUT2D eigenvalue weighted by molar-refractivity contribution is 0.0975. The van der Waals surface area contributed by atoms with E-state index in [1.54, 1.807) is 6.07 Å².